The first kappa shape index (κ1) is 14.1. The summed E-state index contributed by atoms with van der Waals surface area (Å²) in [5.41, 5.74) is 2.41. The molecule has 19 heavy (non-hydrogen) atoms. The van der Waals surface area contributed by atoms with Crippen molar-refractivity contribution in [2.45, 2.75) is 32.4 Å². The van der Waals surface area contributed by atoms with E-state index in [0.717, 1.165) is 18.0 Å². The van der Waals surface area contributed by atoms with Gasteiger partial charge in [0.15, 0.2) is 0 Å². The van der Waals surface area contributed by atoms with Crippen molar-refractivity contribution in [2.24, 2.45) is 0 Å². The molecule has 0 spiro atoms. The quantitative estimate of drug-likeness (QED) is 0.909. The second-order valence-electron chi connectivity index (χ2n) is 5.22. The van der Waals surface area contributed by atoms with E-state index in [-0.39, 0.29) is 5.54 Å². The molecule has 0 atom stereocenters. The molecule has 0 aliphatic carbocycles. The Morgan fingerprint density at radius 1 is 1.26 bits per heavy atom. The molecule has 0 aliphatic rings. The van der Waals surface area contributed by atoms with Crippen LogP contribution in [0.5, 0.6) is 0 Å². The number of nitrogens with zero attached hydrogens (tertiary/aromatic N) is 2. The third-order valence-corrected chi connectivity index (χ3v) is 3.78. The molecule has 0 radical (unpaired) electrons. The Morgan fingerprint density at radius 3 is 2.58 bits per heavy atom. The van der Waals surface area contributed by atoms with Crippen molar-refractivity contribution >= 4 is 11.6 Å². The van der Waals surface area contributed by atoms with Crippen LogP contribution in [0.15, 0.2) is 36.8 Å². The normalized spacial score (nSPS) is 11.8. The van der Waals surface area contributed by atoms with E-state index in [1.54, 1.807) is 0 Å². The van der Waals surface area contributed by atoms with E-state index in [0.29, 0.717) is 0 Å². The number of imidazole rings is 1. The van der Waals surface area contributed by atoms with Gasteiger partial charge < -0.3 is 9.88 Å². The lowest BCUT2D eigenvalue weighted by molar-refractivity contribution is 0.408. The molecular weight excluding hydrogens is 258 g/mol. The van der Waals surface area contributed by atoms with Gasteiger partial charge in [0.1, 0.15) is 0 Å². The molecule has 4 heteroatoms. The zero-order chi connectivity index (χ0) is 13.9. The van der Waals surface area contributed by atoms with Crippen LogP contribution in [0.4, 0.5) is 0 Å². The Hall–Kier alpha value is -1.32. The first-order valence-electron chi connectivity index (χ1n) is 6.47. The topological polar surface area (TPSA) is 29.9 Å². The molecule has 1 N–H and O–H groups in total. The lowest BCUT2D eigenvalue weighted by Gasteiger charge is -2.25. The highest BCUT2D eigenvalue weighted by Crippen LogP contribution is 2.19. The van der Waals surface area contributed by atoms with Gasteiger partial charge in [0.05, 0.1) is 17.6 Å². The summed E-state index contributed by atoms with van der Waals surface area (Å²) in [6.07, 6.45) is 4.79. The summed E-state index contributed by atoms with van der Waals surface area (Å²) in [5, 5.41) is 4.09. The third-order valence-electron chi connectivity index (χ3n) is 3.53. The van der Waals surface area contributed by atoms with Crippen LogP contribution in [0.2, 0.25) is 5.02 Å². The second-order valence-corrected chi connectivity index (χ2v) is 5.66. The van der Waals surface area contributed by atoms with Gasteiger partial charge in [0.2, 0.25) is 0 Å². The van der Waals surface area contributed by atoms with Gasteiger partial charge in [-0.15, -0.1) is 0 Å². The Balaban J connectivity index is 2.08. The summed E-state index contributed by atoms with van der Waals surface area (Å²) >= 11 is 5.89. The Bertz CT molecular complexity index is 529. The van der Waals surface area contributed by atoms with E-state index < -0.39 is 0 Å². The fraction of sp³-hybridized carbons (Fsp3) is 0.400. The monoisotopic (exact) mass is 277 g/mol. The van der Waals surface area contributed by atoms with Crippen molar-refractivity contribution in [1.29, 1.82) is 0 Å². The highest BCUT2D eigenvalue weighted by atomic mass is 35.5. The lowest BCUT2D eigenvalue weighted by Crippen LogP contribution is -2.35. The highest BCUT2D eigenvalue weighted by molar-refractivity contribution is 6.30. The van der Waals surface area contributed by atoms with Gasteiger partial charge in [-0.1, -0.05) is 23.7 Å². The maximum Gasteiger partial charge on any atom is 0.0948 e. The van der Waals surface area contributed by atoms with Gasteiger partial charge in [-0.3, -0.25) is 0 Å². The van der Waals surface area contributed by atoms with Crippen LogP contribution >= 0.6 is 11.6 Å². The molecular formula is C15H20ClN3. The van der Waals surface area contributed by atoms with Crippen molar-refractivity contribution in [2.75, 3.05) is 7.05 Å². The molecule has 1 aromatic heterocycles. The first-order chi connectivity index (χ1) is 9.03. The van der Waals surface area contributed by atoms with Crippen molar-refractivity contribution in [3.05, 3.63) is 53.1 Å². The summed E-state index contributed by atoms with van der Waals surface area (Å²) in [6.45, 7) is 5.23. The molecule has 1 heterocycles. The van der Waals surface area contributed by atoms with Crippen LogP contribution in [0, 0.1) is 0 Å². The van der Waals surface area contributed by atoms with E-state index in [1.165, 1.54) is 11.3 Å². The lowest BCUT2D eigenvalue weighted by atomic mass is 10.0. The van der Waals surface area contributed by atoms with Gasteiger partial charge in [-0.2, -0.15) is 0 Å². The Labute approximate surface area is 119 Å². The van der Waals surface area contributed by atoms with Crippen molar-refractivity contribution < 1.29 is 0 Å². The predicted octanol–water partition coefficient (Wildman–Crippen LogP) is 3.23. The molecule has 102 valence electrons. The summed E-state index contributed by atoms with van der Waals surface area (Å²) in [7, 11) is 1.97. The van der Waals surface area contributed by atoms with Crippen LogP contribution in [-0.2, 0) is 18.5 Å². The van der Waals surface area contributed by atoms with E-state index in [2.05, 4.69) is 40.8 Å². The Morgan fingerprint density at radius 2 is 1.95 bits per heavy atom. The number of nitrogens with one attached hydrogen (secondary N) is 1. The minimum Gasteiger partial charge on any atom is -0.333 e. The minimum atomic E-state index is -0.0729. The number of hydrogen-bond donors (Lipinski definition) is 1. The average molecular weight is 278 g/mol. The molecule has 0 unspecified atom stereocenters. The standard InChI is InChI=1S/C15H20ClN3/c1-15(2,17-3)14-10-18-11-19(14)9-8-12-4-6-13(16)7-5-12/h4-7,10-11,17H,8-9H2,1-3H3. The third kappa shape index (κ3) is 3.37. The van der Waals surface area contributed by atoms with Crippen LogP contribution in [0.25, 0.3) is 0 Å². The minimum absolute atomic E-state index is 0.0729. The summed E-state index contributed by atoms with van der Waals surface area (Å²) in [5.74, 6) is 0. The van der Waals surface area contributed by atoms with Crippen LogP contribution in [-0.4, -0.2) is 16.6 Å². The maximum atomic E-state index is 5.89. The SMILES string of the molecule is CNC(C)(C)c1cncn1CCc1ccc(Cl)cc1. The summed E-state index contributed by atoms with van der Waals surface area (Å²) in [6, 6.07) is 8.01. The largest absolute Gasteiger partial charge is 0.333 e. The molecule has 1 aromatic carbocycles. The molecule has 0 saturated heterocycles. The van der Waals surface area contributed by atoms with E-state index in [4.69, 9.17) is 11.6 Å². The fourth-order valence-corrected chi connectivity index (χ4v) is 2.17. The number of rotatable bonds is 5. The Kier molecular flexibility index (Phi) is 4.27. The fourth-order valence-electron chi connectivity index (χ4n) is 2.05. The zero-order valence-electron chi connectivity index (χ0n) is 11.7. The predicted molar refractivity (Wildman–Crippen MR) is 79.5 cm³/mol. The average Bonchev–Trinajstić information content (AvgIpc) is 2.87. The zero-order valence-corrected chi connectivity index (χ0v) is 12.4. The van der Waals surface area contributed by atoms with Gasteiger partial charge in [0, 0.05) is 17.8 Å². The molecule has 0 aliphatic heterocycles. The number of halogens is 1. The van der Waals surface area contributed by atoms with Gasteiger partial charge in [0.25, 0.3) is 0 Å². The molecule has 2 rings (SSSR count). The number of benzene rings is 1. The molecule has 3 nitrogen and oxygen atoms in total. The number of aryl methyl sites for hydroxylation is 2. The molecule has 2 aromatic rings. The van der Waals surface area contributed by atoms with E-state index in [9.17, 15) is 0 Å². The van der Waals surface area contributed by atoms with Crippen LogP contribution in [0.3, 0.4) is 0 Å². The van der Waals surface area contributed by atoms with Gasteiger partial charge in [-0.05, 0) is 45.0 Å². The summed E-state index contributed by atoms with van der Waals surface area (Å²) in [4.78, 5) is 4.26. The van der Waals surface area contributed by atoms with Crippen molar-refractivity contribution in [3.63, 3.8) is 0 Å². The smallest absolute Gasteiger partial charge is 0.0948 e. The molecule has 0 amide bonds. The van der Waals surface area contributed by atoms with E-state index >= 15 is 0 Å². The van der Waals surface area contributed by atoms with Crippen LogP contribution in [0.1, 0.15) is 25.1 Å². The van der Waals surface area contributed by atoms with Crippen LogP contribution < -0.4 is 5.32 Å². The maximum absolute atomic E-state index is 5.89. The molecule has 0 fully saturated rings. The van der Waals surface area contributed by atoms with E-state index in [1.807, 2.05) is 31.7 Å². The van der Waals surface area contributed by atoms with Gasteiger partial charge in [-0.25, -0.2) is 4.98 Å². The number of aromatic nitrogens is 2. The molecule has 0 bridgehead atoms. The number of hydrogen-bond acceptors (Lipinski definition) is 2. The van der Waals surface area contributed by atoms with Crippen molar-refractivity contribution in [3.8, 4) is 0 Å². The summed E-state index contributed by atoms with van der Waals surface area (Å²) < 4.78 is 2.20. The highest BCUT2D eigenvalue weighted by Gasteiger charge is 2.21. The first-order valence-corrected chi connectivity index (χ1v) is 6.84. The van der Waals surface area contributed by atoms with Crippen molar-refractivity contribution in [1.82, 2.24) is 14.9 Å². The second kappa shape index (κ2) is 5.76. The molecule has 0 saturated carbocycles. The van der Waals surface area contributed by atoms with Gasteiger partial charge >= 0.3 is 0 Å².